The summed E-state index contributed by atoms with van der Waals surface area (Å²) in [6.07, 6.45) is -0.609. The first-order valence-corrected chi connectivity index (χ1v) is 11.0. The Balaban J connectivity index is 1.47. The molecule has 8 heteroatoms. The summed E-state index contributed by atoms with van der Waals surface area (Å²) in [5.74, 6) is 0.872. The molecule has 1 atom stereocenters. The van der Waals surface area contributed by atoms with E-state index in [2.05, 4.69) is 32.7 Å². The Bertz CT molecular complexity index is 796. The average molecular weight is 418 g/mol. The average Bonchev–Trinajstić information content (AvgIpc) is 3.16. The van der Waals surface area contributed by atoms with Crippen molar-refractivity contribution >= 4 is 33.3 Å². The molecule has 1 saturated heterocycles. The predicted octanol–water partition coefficient (Wildman–Crippen LogP) is 1.65. The molecule has 1 aromatic carbocycles. The third kappa shape index (κ3) is 6.16. The number of aliphatic hydroxyl groups is 1. The van der Waals surface area contributed by atoms with Gasteiger partial charge >= 0.3 is 0 Å². The van der Waals surface area contributed by atoms with Crippen molar-refractivity contribution in [1.82, 2.24) is 20.4 Å². The molecule has 1 aliphatic rings. The number of hydrogen-bond donors (Lipinski definition) is 3. The standard InChI is InChI=1S/C21H31N5O2S/c1-3-22-21(23-8-9-25-10-12-26(13-11-25)16(2)27)24-15-18(28)20-14-17-6-4-5-7-19(17)29-20/h4-7,14,18,28H,3,8-13,15H2,1-2H3,(H2,22,23,24). The van der Waals surface area contributed by atoms with Crippen LogP contribution >= 0.6 is 11.3 Å². The van der Waals surface area contributed by atoms with Gasteiger partial charge in [-0.15, -0.1) is 11.3 Å². The third-order valence-electron chi connectivity index (χ3n) is 5.08. The number of nitrogens with zero attached hydrogens (tertiary/aromatic N) is 3. The smallest absolute Gasteiger partial charge is 0.219 e. The molecule has 1 aliphatic heterocycles. The van der Waals surface area contributed by atoms with Gasteiger partial charge in [0.05, 0.1) is 6.54 Å². The minimum Gasteiger partial charge on any atom is -0.386 e. The number of guanidine groups is 1. The van der Waals surface area contributed by atoms with Gasteiger partial charge in [-0.25, -0.2) is 0 Å². The van der Waals surface area contributed by atoms with Crippen LogP contribution < -0.4 is 10.6 Å². The van der Waals surface area contributed by atoms with E-state index in [-0.39, 0.29) is 5.91 Å². The summed E-state index contributed by atoms with van der Waals surface area (Å²) in [6.45, 7) is 9.81. The summed E-state index contributed by atoms with van der Waals surface area (Å²) in [5, 5.41) is 18.3. The quantitative estimate of drug-likeness (QED) is 0.472. The number of carbonyl (C=O) groups excluding carboxylic acids is 1. The number of aliphatic imine (C=N–C) groups is 1. The summed E-state index contributed by atoms with van der Waals surface area (Å²) < 4.78 is 1.18. The van der Waals surface area contributed by atoms with Crippen LogP contribution in [-0.2, 0) is 4.79 Å². The van der Waals surface area contributed by atoms with E-state index in [9.17, 15) is 9.90 Å². The summed E-state index contributed by atoms with van der Waals surface area (Å²) in [7, 11) is 0. The third-order valence-corrected chi connectivity index (χ3v) is 6.29. The maximum Gasteiger partial charge on any atom is 0.219 e. The molecule has 0 saturated carbocycles. The van der Waals surface area contributed by atoms with Crippen LogP contribution in [0.15, 0.2) is 35.3 Å². The first-order chi connectivity index (χ1) is 14.1. The monoisotopic (exact) mass is 417 g/mol. The number of thiophene rings is 1. The van der Waals surface area contributed by atoms with E-state index < -0.39 is 6.10 Å². The molecule has 1 amide bonds. The number of amides is 1. The minimum atomic E-state index is -0.609. The molecule has 2 heterocycles. The fourth-order valence-corrected chi connectivity index (χ4v) is 4.44. The molecule has 158 valence electrons. The van der Waals surface area contributed by atoms with E-state index >= 15 is 0 Å². The SMILES string of the molecule is CCNC(=NCC(O)c1cc2ccccc2s1)NCCN1CCN(C(C)=O)CC1. The lowest BCUT2D eigenvalue weighted by Gasteiger charge is -2.34. The first kappa shape index (κ1) is 21.5. The normalized spacial score (nSPS) is 16.8. The predicted molar refractivity (Wildman–Crippen MR) is 119 cm³/mol. The molecule has 0 spiro atoms. The molecule has 3 rings (SSSR count). The van der Waals surface area contributed by atoms with Gasteiger partial charge in [0.1, 0.15) is 6.10 Å². The van der Waals surface area contributed by atoms with Crippen molar-refractivity contribution in [2.75, 3.05) is 52.4 Å². The lowest BCUT2D eigenvalue weighted by Crippen LogP contribution is -2.50. The van der Waals surface area contributed by atoms with Crippen molar-refractivity contribution < 1.29 is 9.90 Å². The zero-order chi connectivity index (χ0) is 20.6. The Labute approximate surface area is 176 Å². The number of benzene rings is 1. The van der Waals surface area contributed by atoms with Gasteiger partial charge in [-0.1, -0.05) is 18.2 Å². The van der Waals surface area contributed by atoms with Crippen LogP contribution in [0.1, 0.15) is 24.8 Å². The molecule has 0 aliphatic carbocycles. The van der Waals surface area contributed by atoms with Gasteiger partial charge in [-0.3, -0.25) is 14.7 Å². The van der Waals surface area contributed by atoms with Crippen LogP contribution in [-0.4, -0.2) is 79.1 Å². The topological polar surface area (TPSA) is 80.2 Å². The van der Waals surface area contributed by atoms with Gasteiger partial charge in [0.2, 0.25) is 5.91 Å². The van der Waals surface area contributed by atoms with Crippen molar-refractivity contribution in [2.45, 2.75) is 20.0 Å². The number of fused-ring (bicyclic) bond motifs is 1. The van der Waals surface area contributed by atoms with Gasteiger partial charge in [0, 0.05) is 62.3 Å². The highest BCUT2D eigenvalue weighted by molar-refractivity contribution is 7.19. The Kier molecular flexibility index (Phi) is 7.85. The molecule has 1 aromatic heterocycles. The Hall–Kier alpha value is -2.16. The number of rotatable bonds is 7. The maximum atomic E-state index is 11.4. The molecule has 1 fully saturated rings. The van der Waals surface area contributed by atoms with Crippen molar-refractivity contribution in [3.05, 3.63) is 35.2 Å². The van der Waals surface area contributed by atoms with Crippen LogP contribution in [0, 0.1) is 0 Å². The summed E-state index contributed by atoms with van der Waals surface area (Å²) in [5.41, 5.74) is 0. The number of piperazine rings is 1. The van der Waals surface area contributed by atoms with E-state index in [1.807, 2.05) is 30.0 Å². The van der Waals surface area contributed by atoms with Gasteiger partial charge in [0.25, 0.3) is 0 Å². The van der Waals surface area contributed by atoms with E-state index in [1.165, 1.54) is 4.70 Å². The fourth-order valence-electron chi connectivity index (χ4n) is 3.39. The number of aliphatic hydroxyl groups excluding tert-OH is 1. The summed E-state index contributed by atoms with van der Waals surface area (Å²) in [4.78, 5) is 21.2. The molecule has 2 aromatic rings. The highest BCUT2D eigenvalue weighted by Crippen LogP contribution is 2.29. The molecule has 0 bridgehead atoms. The van der Waals surface area contributed by atoms with Crippen LogP contribution in [0.3, 0.4) is 0 Å². The summed E-state index contributed by atoms with van der Waals surface area (Å²) >= 11 is 1.61. The Morgan fingerprint density at radius 1 is 1.24 bits per heavy atom. The highest BCUT2D eigenvalue weighted by atomic mass is 32.1. The van der Waals surface area contributed by atoms with Crippen LogP contribution in [0.2, 0.25) is 0 Å². The second kappa shape index (κ2) is 10.6. The second-order valence-electron chi connectivity index (χ2n) is 7.20. The molecular formula is C21H31N5O2S. The van der Waals surface area contributed by atoms with Crippen LogP contribution in [0.4, 0.5) is 0 Å². The lowest BCUT2D eigenvalue weighted by atomic mass is 10.2. The van der Waals surface area contributed by atoms with Gasteiger partial charge in [0.15, 0.2) is 5.96 Å². The molecular weight excluding hydrogens is 386 g/mol. The van der Waals surface area contributed by atoms with Crippen molar-refractivity contribution in [1.29, 1.82) is 0 Å². The fraction of sp³-hybridized carbons (Fsp3) is 0.524. The highest BCUT2D eigenvalue weighted by Gasteiger charge is 2.18. The molecule has 29 heavy (non-hydrogen) atoms. The molecule has 0 radical (unpaired) electrons. The van der Waals surface area contributed by atoms with Crippen molar-refractivity contribution in [3.8, 4) is 0 Å². The first-order valence-electron chi connectivity index (χ1n) is 10.2. The molecule has 7 nitrogen and oxygen atoms in total. The number of hydrogen-bond acceptors (Lipinski definition) is 5. The zero-order valence-corrected chi connectivity index (χ0v) is 18.0. The second-order valence-corrected chi connectivity index (χ2v) is 8.31. The minimum absolute atomic E-state index is 0.154. The molecule has 1 unspecified atom stereocenters. The van der Waals surface area contributed by atoms with Crippen molar-refractivity contribution in [3.63, 3.8) is 0 Å². The Morgan fingerprint density at radius 2 is 2.00 bits per heavy atom. The lowest BCUT2D eigenvalue weighted by molar-refractivity contribution is -0.130. The van der Waals surface area contributed by atoms with Gasteiger partial charge < -0.3 is 20.6 Å². The van der Waals surface area contributed by atoms with Gasteiger partial charge in [-0.2, -0.15) is 0 Å². The van der Waals surface area contributed by atoms with E-state index in [0.717, 1.165) is 62.0 Å². The molecule has 3 N–H and O–H groups in total. The largest absolute Gasteiger partial charge is 0.386 e. The van der Waals surface area contributed by atoms with Gasteiger partial charge in [-0.05, 0) is 24.4 Å². The van der Waals surface area contributed by atoms with Crippen LogP contribution in [0.5, 0.6) is 0 Å². The number of carbonyl (C=O) groups is 1. The van der Waals surface area contributed by atoms with E-state index in [1.54, 1.807) is 18.3 Å². The Morgan fingerprint density at radius 3 is 2.69 bits per heavy atom. The maximum absolute atomic E-state index is 11.4. The van der Waals surface area contributed by atoms with Crippen molar-refractivity contribution in [2.24, 2.45) is 4.99 Å². The zero-order valence-electron chi connectivity index (χ0n) is 17.2. The number of nitrogens with one attached hydrogen (secondary N) is 2. The summed E-state index contributed by atoms with van der Waals surface area (Å²) in [6, 6.07) is 10.2. The van der Waals surface area contributed by atoms with Crippen LogP contribution in [0.25, 0.3) is 10.1 Å². The van der Waals surface area contributed by atoms with E-state index in [4.69, 9.17) is 0 Å². The van der Waals surface area contributed by atoms with E-state index in [0.29, 0.717) is 6.54 Å².